The molecule has 0 spiro atoms. The fourth-order valence-corrected chi connectivity index (χ4v) is 0.912. The zero-order valence-corrected chi connectivity index (χ0v) is 8.50. The summed E-state index contributed by atoms with van der Waals surface area (Å²) < 4.78 is 5.08. The van der Waals surface area contributed by atoms with Crippen molar-refractivity contribution >= 4 is 0 Å². The summed E-state index contributed by atoms with van der Waals surface area (Å²) in [5, 5.41) is 12.2. The molecule has 0 aliphatic rings. The van der Waals surface area contributed by atoms with Crippen LogP contribution in [0.2, 0.25) is 0 Å². The van der Waals surface area contributed by atoms with Crippen molar-refractivity contribution in [3.63, 3.8) is 0 Å². The Bertz CT molecular complexity index is 107. The highest BCUT2D eigenvalue weighted by Gasteiger charge is 2.11. The van der Waals surface area contributed by atoms with E-state index in [-0.39, 0.29) is 18.8 Å². The van der Waals surface area contributed by atoms with Crippen LogP contribution in [0.15, 0.2) is 0 Å². The standard InChI is InChI=1S/C9H21NO2/c1-7(2)9(6-11)10-5-8(3)12-4/h7-11H,5-6H2,1-4H3/t8?,9-/m1/s1. The van der Waals surface area contributed by atoms with Gasteiger partial charge in [0.15, 0.2) is 0 Å². The molecule has 0 aromatic carbocycles. The molecule has 0 bridgehead atoms. The Kier molecular flexibility index (Phi) is 6.34. The Morgan fingerprint density at radius 3 is 2.25 bits per heavy atom. The Hall–Kier alpha value is -0.120. The van der Waals surface area contributed by atoms with Gasteiger partial charge in [-0.15, -0.1) is 0 Å². The van der Waals surface area contributed by atoms with Crippen molar-refractivity contribution in [3.8, 4) is 0 Å². The van der Waals surface area contributed by atoms with Gasteiger partial charge in [0.2, 0.25) is 0 Å². The third-order valence-corrected chi connectivity index (χ3v) is 2.07. The number of aliphatic hydroxyl groups excluding tert-OH is 1. The predicted molar refractivity (Wildman–Crippen MR) is 50.2 cm³/mol. The first-order chi connectivity index (χ1) is 5.61. The Morgan fingerprint density at radius 1 is 1.33 bits per heavy atom. The van der Waals surface area contributed by atoms with E-state index >= 15 is 0 Å². The largest absolute Gasteiger partial charge is 0.395 e. The molecule has 2 atom stereocenters. The van der Waals surface area contributed by atoms with E-state index in [0.29, 0.717) is 5.92 Å². The van der Waals surface area contributed by atoms with E-state index in [2.05, 4.69) is 19.2 Å². The molecular formula is C9H21NO2. The van der Waals surface area contributed by atoms with E-state index < -0.39 is 0 Å². The maximum Gasteiger partial charge on any atom is 0.0667 e. The molecule has 0 rings (SSSR count). The highest BCUT2D eigenvalue weighted by molar-refractivity contribution is 4.70. The van der Waals surface area contributed by atoms with E-state index in [9.17, 15) is 0 Å². The van der Waals surface area contributed by atoms with E-state index in [0.717, 1.165) is 6.54 Å². The molecule has 12 heavy (non-hydrogen) atoms. The third kappa shape index (κ3) is 4.70. The van der Waals surface area contributed by atoms with Gasteiger partial charge in [0.25, 0.3) is 0 Å². The van der Waals surface area contributed by atoms with Crippen LogP contribution in [-0.2, 0) is 4.74 Å². The third-order valence-electron chi connectivity index (χ3n) is 2.07. The Labute approximate surface area is 75.1 Å². The molecule has 0 aromatic rings. The van der Waals surface area contributed by atoms with Crippen LogP contribution in [0.4, 0.5) is 0 Å². The molecule has 0 aromatic heterocycles. The molecule has 0 fully saturated rings. The molecule has 0 aliphatic heterocycles. The van der Waals surface area contributed by atoms with Crippen LogP contribution < -0.4 is 5.32 Å². The molecule has 0 amide bonds. The minimum atomic E-state index is 0.183. The summed E-state index contributed by atoms with van der Waals surface area (Å²) in [4.78, 5) is 0. The van der Waals surface area contributed by atoms with Crippen molar-refractivity contribution in [3.05, 3.63) is 0 Å². The fraction of sp³-hybridized carbons (Fsp3) is 1.00. The van der Waals surface area contributed by atoms with Gasteiger partial charge in [-0.3, -0.25) is 0 Å². The zero-order valence-electron chi connectivity index (χ0n) is 8.50. The van der Waals surface area contributed by atoms with Crippen LogP contribution >= 0.6 is 0 Å². The minimum absolute atomic E-state index is 0.183. The van der Waals surface area contributed by atoms with Gasteiger partial charge in [-0.25, -0.2) is 0 Å². The summed E-state index contributed by atoms with van der Waals surface area (Å²) in [5.74, 6) is 0.457. The van der Waals surface area contributed by atoms with Crippen LogP contribution in [0.1, 0.15) is 20.8 Å². The van der Waals surface area contributed by atoms with Crippen molar-refractivity contribution in [1.29, 1.82) is 0 Å². The first kappa shape index (κ1) is 11.9. The normalized spacial score (nSPS) is 16.5. The van der Waals surface area contributed by atoms with Gasteiger partial charge in [0, 0.05) is 19.7 Å². The molecule has 0 heterocycles. The van der Waals surface area contributed by atoms with Gasteiger partial charge < -0.3 is 15.2 Å². The number of hydrogen-bond acceptors (Lipinski definition) is 3. The van der Waals surface area contributed by atoms with E-state index in [1.807, 2.05) is 6.92 Å². The van der Waals surface area contributed by atoms with Crippen molar-refractivity contribution in [2.45, 2.75) is 32.9 Å². The average Bonchev–Trinajstić information content (AvgIpc) is 2.04. The lowest BCUT2D eigenvalue weighted by atomic mass is 10.1. The number of nitrogens with one attached hydrogen (secondary N) is 1. The summed E-state index contributed by atoms with van der Waals surface area (Å²) in [6.07, 6.45) is 0.206. The molecule has 2 N–H and O–H groups in total. The summed E-state index contributed by atoms with van der Waals surface area (Å²) in [6.45, 7) is 7.16. The van der Waals surface area contributed by atoms with Crippen LogP contribution in [0.25, 0.3) is 0 Å². The van der Waals surface area contributed by atoms with Crippen LogP contribution in [0.5, 0.6) is 0 Å². The highest BCUT2D eigenvalue weighted by Crippen LogP contribution is 2.00. The number of ether oxygens (including phenoxy) is 1. The number of hydrogen-bond donors (Lipinski definition) is 2. The van der Waals surface area contributed by atoms with Gasteiger partial charge in [-0.2, -0.15) is 0 Å². The topological polar surface area (TPSA) is 41.5 Å². The molecule has 1 unspecified atom stereocenters. The van der Waals surface area contributed by atoms with Crippen LogP contribution in [0.3, 0.4) is 0 Å². The summed E-state index contributed by atoms with van der Waals surface area (Å²) in [7, 11) is 1.69. The number of methoxy groups -OCH3 is 1. The maximum atomic E-state index is 8.98. The monoisotopic (exact) mass is 175 g/mol. The van der Waals surface area contributed by atoms with Crippen molar-refractivity contribution in [2.75, 3.05) is 20.3 Å². The minimum Gasteiger partial charge on any atom is -0.395 e. The summed E-state index contributed by atoms with van der Waals surface area (Å²) in [6, 6.07) is 0.183. The SMILES string of the molecule is COC(C)CN[C@H](CO)C(C)C. The molecule has 3 nitrogen and oxygen atoms in total. The van der Waals surface area contributed by atoms with E-state index in [4.69, 9.17) is 9.84 Å². The van der Waals surface area contributed by atoms with E-state index in [1.165, 1.54) is 0 Å². The van der Waals surface area contributed by atoms with Crippen LogP contribution in [-0.4, -0.2) is 37.5 Å². The fourth-order valence-electron chi connectivity index (χ4n) is 0.912. The van der Waals surface area contributed by atoms with Gasteiger partial charge in [-0.05, 0) is 12.8 Å². The van der Waals surface area contributed by atoms with Gasteiger partial charge in [0.1, 0.15) is 0 Å². The molecule has 0 radical (unpaired) electrons. The summed E-state index contributed by atoms with van der Waals surface area (Å²) in [5.41, 5.74) is 0. The second-order valence-electron chi connectivity index (χ2n) is 3.49. The van der Waals surface area contributed by atoms with Crippen molar-refractivity contribution in [1.82, 2.24) is 5.32 Å². The lowest BCUT2D eigenvalue weighted by Gasteiger charge is -2.21. The zero-order chi connectivity index (χ0) is 9.56. The molecule has 0 saturated carbocycles. The maximum absolute atomic E-state index is 8.98. The quantitative estimate of drug-likeness (QED) is 0.622. The predicted octanol–water partition coefficient (Wildman–Crippen LogP) is 0.628. The lowest BCUT2D eigenvalue weighted by Crippen LogP contribution is -2.41. The van der Waals surface area contributed by atoms with E-state index in [1.54, 1.807) is 7.11 Å². The molecule has 3 heteroatoms. The first-order valence-electron chi connectivity index (χ1n) is 4.48. The first-order valence-corrected chi connectivity index (χ1v) is 4.48. The van der Waals surface area contributed by atoms with Crippen LogP contribution in [0, 0.1) is 5.92 Å². The Balaban J connectivity index is 3.58. The smallest absolute Gasteiger partial charge is 0.0667 e. The molecule has 0 saturated heterocycles. The van der Waals surface area contributed by atoms with Gasteiger partial charge in [0.05, 0.1) is 12.7 Å². The van der Waals surface area contributed by atoms with Gasteiger partial charge >= 0.3 is 0 Å². The van der Waals surface area contributed by atoms with Gasteiger partial charge in [-0.1, -0.05) is 13.8 Å². The molecular weight excluding hydrogens is 154 g/mol. The second kappa shape index (κ2) is 6.40. The van der Waals surface area contributed by atoms with Crippen molar-refractivity contribution < 1.29 is 9.84 Å². The lowest BCUT2D eigenvalue weighted by molar-refractivity contribution is 0.106. The van der Waals surface area contributed by atoms with Crippen molar-refractivity contribution in [2.24, 2.45) is 5.92 Å². The second-order valence-corrected chi connectivity index (χ2v) is 3.49. The summed E-state index contributed by atoms with van der Waals surface area (Å²) >= 11 is 0. The molecule has 74 valence electrons. The highest BCUT2D eigenvalue weighted by atomic mass is 16.5. The number of rotatable bonds is 6. The molecule has 0 aliphatic carbocycles. The number of aliphatic hydroxyl groups is 1. The Morgan fingerprint density at radius 2 is 1.92 bits per heavy atom. The average molecular weight is 175 g/mol.